The number of fused-ring (bicyclic) bond motifs is 3. The Morgan fingerprint density at radius 1 is 0.289 bits per heavy atom. The van der Waals surface area contributed by atoms with Gasteiger partial charge in [0.15, 0.2) is 23.3 Å². The summed E-state index contributed by atoms with van der Waals surface area (Å²) in [4.78, 5) is 29.9. The Bertz CT molecular complexity index is 4140. The van der Waals surface area contributed by atoms with E-state index in [4.69, 9.17) is 15.0 Å². The minimum Gasteiger partial charge on any atom is -0.307 e. The van der Waals surface area contributed by atoms with E-state index >= 15 is 0 Å². The second-order valence-corrected chi connectivity index (χ2v) is 26.2. The fourth-order valence-corrected chi connectivity index (χ4v) is 11.5. The summed E-state index contributed by atoms with van der Waals surface area (Å²) in [6.07, 6.45) is 3.07. The van der Waals surface area contributed by atoms with Crippen LogP contribution in [0.2, 0.25) is 0 Å². The lowest BCUT2D eigenvalue weighted by molar-refractivity contribution is 0.571. The van der Waals surface area contributed by atoms with Crippen LogP contribution >= 0.6 is 0 Å². The van der Waals surface area contributed by atoms with Gasteiger partial charge in [-0.25, -0.2) is 29.9 Å². The Labute approximate surface area is 489 Å². The van der Waals surface area contributed by atoms with Gasteiger partial charge >= 0.3 is 0 Å². The zero-order valence-corrected chi connectivity index (χ0v) is 49.8. The summed E-state index contributed by atoms with van der Waals surface area (Å²) >= 11 is 0. The predicted molar refractivity (Wildman–Crippen MR) is 346 cm³/mol. The van der Waals surface area contributed by atoms with Gasteiger partial charge in [0.2, 0.25) is 0 Å². The van der Waals surface area contributed by atoms with Gasteiger partial charge in [-0.15, -0.1) is 0 Å². The number of hydrogen-bond donors (Lipinski definition) is 0. The first-order valence-electron chi connectivity index (χ1n) is 28.9. The molecule has 3 aromatic heterocycles. The Hall–Kier alpha value is -9.20. The van der Waals surface area contributed by atoms with Crippen molar-refractivity contribution in [2.75, 3.05) is 0 Å². The average molecular weight is 1080 g/mol. The van der Waals surface area contributed by atoms with Crippen molar-refractivity contribution in [1.82, 2.24) is 34.5 Å². The first-order chi connectivity index (χ1) is 39.7. The lowest BCUT2D eigenvalue weighted by Crippen LogP contribution is -2.19. The number of nitrogens with zero attached hydrogens (tertiary/aromatic N) is 7. The maximum Gasteiger partial charge on any atom is 0.164 e. The summed E-state index contributed by atoms with van der Waals surface area (Å²) < 4.78 is 2.66. The normalized spacial score (nSPS) is 12.3. The van der Waals surface area contributed by atoms with Gasteiger partial charge in [-0.05, 0) is 120 Å². The van der Waals surface area contributed by atoms with Crippen molar-refractivity contribution < 1.29 is 0 Å². The molecule has 0 unspecified atom stereocenters. The molecule has 0 saturated carbocycles. The summed E-state index contributed by atoms with van der Waals surface area (Å²) in [6, 6.07) is 72.1. The molecule has 0 amide bonds. The molecule has 3 heterocycles. The molecule has 7 nitrogen and oxygen atoms in total. The molecule has 9 aromatic carbocycles. The Balaban J connectivity index is 1.22. The zero-order valence-electron chi connectivity index (χ0n) is 49.8. The molecule has 0 radical (unpaired) electrons. The summed E-state index contributed by atoms with van der Waals surface area (Å²) in [6.45, 7) is 28.3. The van der Waals surface area contributed by atoms with Crippen molar-refractivity contribution in [1.29, 1.82) is 0 Å². The van der Waals surface area contributed by atoms with Crippen LogP contribution in [0.4, 0.5) is 0 Å². The second kappa shape index (κ2) is 21.0. The van der Waals surface area contributed by atoms with Gasteiger partial charge in [0.1, 0.15) is 12.7 Å². The lowest BCUT2D eigenvalue weighted by Gasteiger charge is -2.29. The predicted octanol–water partition coefficient (Wildman–Crippen LogP) is 19.7. The molecule has 0 atom stereocenters. The van der Waals surface area contributed by atoms with E-state index in [0.29, 0.717) is 23.3 Å². The van der Waals surface area contributed by atoms with Crippen molar-refractivity contribution in [3.8, 4) is 95.7 Å². The molecule has 12 rings (SSSR count). The van der Waals surface area contributed by atoms with Crippen molar-refractivity contribution in [2.45, 2.75) is 105 Å². The van der Waals surface area contributed by atoms with Crippen LogP contribution in [0.1, 0.15) is 105 Å². The third-order valence-corrected chi connectivity index (χ3v) is 16.0. The second-order valence-electron chi connectivity index (χ2n) is 26.2. The van der Waals surface area contributed by atoms with Crippen LogP contribution in [-0.4, -0.2) is 34.5 Å². The maximum absolute atomic E-state index is 5.57. The minimum absolute atomic E-state index is 0.105. The molecular weight excluding hydrogens is 1010 g/mol. The highest BCUT2D eigenvalue weighted by Crippen LogP contribution is 2.50. The van der Waals surface area contributed by atoms with Crippen LogP contribution in [0.15, 0.2) is 213 Å². The van der Waals surface area contributed by atoms with E-state index < -0.39 is 0 Å². The Morgan fingerprint density at radius 2 is 0.627 bits per heavy atom. The molecule has 0 fully saturated rings. The van der Waals surface area contributed by atoms with Gasteiger partial charge in [-0.2, -0.15) is 0 Å². The molecular formula is C76H71N7. The fraction of sp³-hybridized carbons (Fsp3) is 0.211. The van der Waals surface area contributed by atoms with Crippen LogP contribution in [0.25, 0.3) is 118 Å². The van der Waals surface area contributed by atoms with Crippen LogP contribution in [0.5, 0.6) is 0 Å². The van der Waals surface area contributed by atoms with E-state index in [-0.39, 0.29) is 21.7 Å². The number of aromatic nitrogens is 7. The molecule has 0 aliphatic rings. The van der Waals surface area contributed by atoms with Gasteiger partial charge < -0.3 is 4.57 Å². The van der Waals surface area contributed by atoms with Crippen molar-refractivity contribution in [3.63, 3.8) is 0 Å². The number of hydrogen-bond acceptors (Lipinski definition) is 6. The zero-order chi connectivity index (χ0) is 58.0. The number of benzene rings is 9. The van der Waals surface area contributed by atoms with E-state index in [1.54, 1.807) is 0 Å². The van der Waals surface area contributed by atoms with E-state index in [0.717, 1.165) is 72.4 Å². The fourth-order valence-electron chi connectivity index (χ4n) is 11.5. The quantitative estimate of drug-likeness (QED) is 0.143. The molecule has 83 heavy (non-hydrogen) atoms. The van der Waals surface area contributed by atoms with Gasteiger partial charge in [0.05, 0.1) is 16.7 Å². The van der Waals surface area contributed by atoms with E-state index in [1.807, 2.05) is 12.1 Å². The molecule has 7 heteroatoms. The smallest absolute Gasteiger partial charge is 0.164 e. The SMILES string of the molecule is CC(C)(C)c1cc(C(C)(C)C)c2c(c1)c1cc(C(C)(C)C)cc(C(C)(C)C)c1n2-c1c(-c2ccccc2)cc(-c2nc(-c3ccc(-c4ccccc4)cc3)nc(-c3cc(-c4ccccc4)cc(-c4ncncn4)c3)n2)cc1-c1ccccc1. The lowest BCUT2D eigenvalue weighted by atomic mass is 9.78. The largest absolute Gasteiger partial charge is 0.307 e. The summed E-state index contributed by atoms with van der Waals surface area (Å²) in [5.41, 5.74) is 20.0. The molecule has 0 saturated heterocycles. The van der Waals surface area contributed by atoms with Crippen LogP contribution in [0, 0.1) is 0 Å². The molecule has 410 valence electrons. The highest BCUT2D eigenvalue weighted by Gasteiger charge is 2.33. The first-order valence-corrected chi connectivity index (χ1v) is 28.9. The third kappa shape index (κ3) is 10.7. The molecule has 0 N–H and O–H groups in total. The highest BCUT2D eigenvalue weighted by atomic mass is 15.0. The standard InChI is InChI=1S/C76H71N7/c1-73(2,3)58-42-62-63-43-59(74(4,5)6)45-65(76(10,11)12)68(63)83(67(62)64(44-58)75(7,8)9)66-60(51-29-21-15-22-30-51)40-57(41-61(66)52-31-23-16-24-32-52)72-81-70(53-35-33-50(34-36-53)48-25-17-13-18-26-48)80-71(82-72)56-38-54(49-27-19-14-20-28-49)37-55(39-56)69-78-46-77-47-79-69/h13-47H,1-12H3. The van der Waals surface area contributed by atoms with E-state index in [2.05, 4.69) is 291 Å². The topological polar surface area (TPSA) is 82.3 Å². The van der Waals surface area contributed by atoms with Gasteiger partial charge in [-0.1, -0.05) is 241 Å². The maximum atomic E-state index is 5.57. The molecule has 0 aliphatic heterocycles. The summed E-state index contributed by atoms with van der Waals surface area (Å²) in [5.74, 6) is 2.18. The van der Waals surface area contributed by atoms with Crippen LogP contribution in [0.3, 0.4) is 0 Å². The van der Waals surface area contributed by atoms with Crippen LogP contribution < -0.4 is 0 Å². The van der Waals surface area contributed by atoms with Crippen LogP contribution in [-0.2, 0) is 21.7 Å². The molecule has 0 bridgehead atoms. The average Bonchev–Trinajstić information content (AvgIpc) is 3.72. The molecule has 0 spiro atoms. The monoisotopic (exact) mass is 1080 g/mol. The van der Waals surface area contributed by atoms with Gasteiger partial charge in [0.25, 0.3) is 0 Å². The van der Waals surface area contributed by atoms with E-state index in [9.17, 15) is 0 Å². The molecule has 0 aliphatic carbocycles. The van der Waals surface area contributed by atoms with Crippen molar-refractivity contribution >= 4 is 21.8 Å². The molecule has 12 aromatic rings. The van der Waals surface area contributed by atoms with Gasteiger partial charge in [-0.3, -0.25) is 0 Å². The summed E-state index contributed by atoms with van der Waals surface area (Å²) in [5, 5.41) is 2.52. The van der Waals surface area contributed by atoms with Gasteiger partial charge in [0, 0.05) is 44.2 Å². The third-order valence-electron chi connectivity index (χ3n) is 16.0. The first kappa shape index (κ1) is 54.4. The van der Waals surface area contributed by atoms with Crippen molar-refractivity contribution in [2.24, 2.45) is 0 Å². The van der Waals surface area contributed by atoms with Crippen molar-refractivity contribution in [3.05, 3.63) is 235 Å². The summed E-state index contributed by atoms with van der Waals surface area (Å²) in [7, 11) is 0. The highest BCUT2D eigenvalue weighted by molar-refractivity contribution is 6.14. The minimum atomic E-state index is -0.238. The van der Waals surface area contributed by atoms with E-state index in [1.165, 1.54) is 56.7 Å². The Morgan fingerprint density at radius 3 is 1.04 bits per heavy atom. The number of rotatable bonds is 9. The Kier molecular flexibility index (Phi) is 13.7.